The van der Waals surface area contributed by atoms with E-state index in [1.807, 2.05) is 6.07 Å². The molecule has 1 saturated heterocycles. The molecule has 1 unspecified atom stereocenters. The molecule has 1 aliphatic heterocycles. The molecular weight excluding hydrogens is 261 g/mol. The molecule has 20 heavy (non-hydrogen) atoms. The Kier molecular flexibility index (Phi) is 3.66. The zero-order valence-corrected chi connectivity index (χ0v) is 10.9. The molecule has 106 valence electrons. The van der Waals surface area contributed by atoms with Gasteiger partial charge in [-0.15, -0.1) is 0 Å². The van der Waals surface area contributed by atoms with Gasteiger partial charge in [0.1, 0.15) is 0 Å². The van der Waals surface area contributed by atoms with Gasteiger partial charge in [-0.1, -0.05) is 0 Å². The fourth-order valence-electron chi connectivity index (χ4n) is 2.28. The quantitative estimate of drug-likeness (QED) is 0.837. The Morgan fingerprint density at radius 3 is 3.15 bits per heavy atom. The number of halogens is 1. The molecule has 0 spiro atoms. The second-order valence-electron chi connectivity index (χ2n) is 4.67. The maximum atomic E-state index is 14.1. The number of nitrogens with zero attached hydrogens (tertiary/aromatic N) is 1. The van der Waals surface area contributed by atoms with Crippen molar-refractivity contribution in [1.82, 2.24) is 4.98 Å². The second-order valence-corrected chi connectivity index (χ2v) is 4.67. The third kappa shape index (κ3) is 2.52. The Labute approximate surface area is 115 Å². The van der Waals surface area contributed by atoms with Crippen LogP contribution in [-0.2, 0) is 9.47 Å². The van der Waals surface area contributed by atoms with E-state index in [0.717, 1.165) is 5.39 Å². The summed E-state index contributed by atoms with van der Waals surface area (Å²) >= 11 is 0. The monoisotopic (exact) mass is 277 g/mol. The van der Waals surface area contributed by atoms with Crippen molar-refractivity contribution in [3.05, 3.63) is 30.2 Å². The van der Waals surface area contributed by atoms with Gasteiger partial charge < -0.3 is 20.5 Å². The highest BCUT2D eigenvalue weighted by Gasteiger charge is 2.17. The minimum atomic E-state index is -0.412. The van der Waals surface area contributed by atoms with E-state index in [4.69, 9.17) is 15.2 Å². The van der Waals surface area contributed by atoms with Crippen LogP contribution in [0.1, 0.15) is 0 Å². The van der Waals surface area contributed by atoms with Gasteiger partial charge in [0.25, 0.3) is 0 Å². The third-order valence-electron chi connectivity index (χ3n) is 3.27. The summed E-state index contributed by atoms with van der Waals surface area (Å²) in [5, 5.41) is 3.79. The number of hydrogen-bond acceptors (Lipinski definition) is 5. The van der Waals surface area contributed by atoms with E-state index in [1.54, 1.807) is 12.3 Å². The lowest BCUT2D eigenvalue weighted by atomic mass is 10.1. The maximum absolute atomic E-state index is 14.1. The Bertz CT molecular complexity index is 615. The fourth-order valence-corrected chi connectivity index (χ4v) is 2.28. The maximum Gasteiger partial charge on any atom is 0.150 e. The average molecular weight is 277 g/mol. The van der Waals surface area contributed by atoms with Crippen LogP contribution in [0.4, 0.5) is 15.8 Å². The number of nitrogen functional groups attached to an aromatic ring is 1. The van der Waals surface area contributed by atoms with Crippen LogP contribution in [0.25, 0.3) is 10.9 Å². The first-order chi connectivity index (χ1) is 9.75. The molecule has 1 fully saturated rings. The Morgan fingerprint density at radius 2 is 2.35 bits per heavy atom. The number of aromatic nitrogens is 1. The van der Waals surface area contributed by atoms with Crippen molar-refractivity contribution in [3.63, 3.8) is 0 Å². The zero-order chi connectivity index (χ0) is 13.9. The van der Waals surface area contributed by atoms with Gasteiger partial charge in [0.2, 0.25) is 0 Å². The van der Waals surface area contributed by atoms with Crippen molar-refractivity contribution in [3.8, 4) is 0 Å². The molecule has 1 aromatic heterocycles. The van der Waals surface area contributed by atoms with Crippen molar-refractivity contribution in [1.29, 1.82) is 0 Å². The minimum absolute atomic E-state index is 0.0838. The van der Waals surface area contributed by atoms with Gasteiger partial charge in [-0.05, 0) is 18.2 Å². The van der Waals surface area contributed by atoms with E-state index in [2.05, 4.69) is 10.3 Å². The predicted octanol–water partition coefficient (Wildman–Crippen LogP) is 1.78. The Balaban J connectivity index is 1.86. The molecule has 2 heterocycles. The first kappa shape index (κ1) is 13.1. The summed E-state index contributed by atoms with van der Waals surface area (Å²) in [7, 11) is 0. The molecule has 3 N–H and O–H groups in total. The smallest absolute Gasteiger partial charge is 0.150 e. The fraction of sp³-hybridized carbons (Fsp3) is 0.357. The summed E-state index contributed by atoms with van der Waals surface area (Å²) in [6.45, 7) is 2.15. The average Bonchev–Trinajstić information content (AvgIpc) is 2.48. The number of benzene rings is 1. The first-order valence-electron chi connectivity index (χ1n) is 6.51. The molecule has 1 atom stereocenters. The van der Waals surface area contributed by atoms with Crippen molar-refractivity contribution in [2.75, 3.05) is 37.4 Å². The van der Waals surface area contributed by atoms with Gasteiger partial charge in [-0.3, -0.25) is 4.98 Å². The number of nitrogens with two attached hydrogens (primary N) is 1. The van der Waals surface area contributed by atoms with Crippen LogP contribution in [0.15, 0.2) is 24.4 Å². The van der Waals surface area contributed by atoms with E-state index in [9.17, 15) is 4.39 Å². The van der Waals surface area contributed by atoms with Crippen LogP contribution < -0.4 is 11.1 Å². The second kappa shape index (κ2) is 5.60. The summed E-state index contributed by atoms with van der Waals surface area (Å²) in [6.07, 6.45) is 1.53. The number of hydrogen-bond donors (Lipinski definition) is 2. The predicted molar refractivity (Wildman–Crippen MR) is 75.2 cm³/mol. The molecule has 1 aliphatic rings. The van der Waals surface area contributed by atoms with Gasteiger partial charge in [-0.25, -0.2) is 4.39 Å². The van der Waals surface area contributed by atoms with Gasteiger partial charge in [0, 0.05) is 23.8 Å². The topological polar surface area (TPSA) is 69.4 Å². The molecule has 1 aromatic carbocycles. The highest BCUT2D eigenvalue weighted by atomic mass is 19.1. The largest absolute Gasteiger partial charge is 0.398 e. The summed E-state index contributed by atoms with van der Waals surface area (Å²) in [6, 6.07) is 4.91. The first-order valence-corrected chi connectivity index (χ1v) is 6.51. The number of rotatable bonds is 3. The molecule has 2 aromatic rings. The van der Waals surface area contributed by atoms with E-state index < -0.39 is 5.82 Å². The van der Waals surface area contributed by atoms with Crippen LogP contribution in [-0.4, -0.2) is 37.5 Å². The summed E-state index contributed by atoms with van der Waals surface area (Å²) in [5.74, 6) is -0.412. The molecule has 3 rings (SSSR count). The zero-order valence-electron chi connectivity index (χ0n) is 10.9. The normalized spacial score (nSPS) is 19.1. The van der Waals surface area contributed by atoms with Gasteiger partial charge in [0.05, 0.1) is 37.1 Å². The molecule has 6 heteroatoms. The molecule has 0 radical (unpaired) electrons. The number of fused-ring (bicyclic) bond motifs is 1. The summed E-state index contributed by atoms with van der Waals surface area (Å²) < 4.78 is 24.9. The van der Waals surface area contributed by atoms with E-state index in [-0.39, 0.29) is 6.10 Å². The highest BCUT2D eigenvalue weighted by Crippen LogP contribution is 2.29. The summed E-state index contributed by atoms with van der Waals surface area (Å²) in [5.41, 5.74) is 7.08. The Morgan fingerprint density at radius 1 is 1.45 bits per heavy atom. The number of anilines is 2. The van der Waals surface area contributed by atoms with Crippen molar-refractivity contribution in [2.45, 2.75) is 6.10 Å². The third-order valence-corrected chi connectivity index (χ3v) is 3.27. The SMILES string of the molecule is Nc1cc(F)c(NCC2COCCO2)c2ncccc12. The molecule has 0 saturated carbocycles. The van der Waals surface area contributed by atoms with Gasteiger partial charge >= 0.3 is 0 Å². The van der Waals surface area contributed by atoms with Crippen LogP contribution in [0.3, 0.4) is 0 Å². The lowest BCUT2D eigenvalue weighted by Gasteiger charge is -2.24. The number of nitrogens with one attached hydrogen (secondary N) is 1. The van der Waals surface area contributed by atoms with Crippen LogP contribution in [0.2, 0.25) is 0 Å². The van der Waals surface area contributed by atoms with Crippen LogP contribution in [0.5, 0.6) is 0 Å². The van der Waals surface area contributed by atoms with E-state index in [1.165, 1.54) is 6.07 Å². The lowest BCUT2D eigenvalue weighted by Crippen LogP contribution is -2.34. The lowest BCUT2D eigenvalue weighted by molar-refractivity contribution is -0.0818. The Hall–Kier alpha value is -1.92. The van der Waals surface area contributed by atoms with Crippen LogP contribution in [0, 0.1) is 5.82 Å². The minimum Gasteiger partial charge on any atom is -0.398 e. The molecule has 0 bridgehead atoms. The molecule has 5 nitrogen and oxygen atoms in total. The van der Waals surface area contributed by atoms with Gasteiger partial charge in [-0.2, -0.15) is 0 Å². The molecule has 0 amide bonds. The van der Waals surface area contributed by atoms with Crippen molar-refractivity contribution >= 4 is 22.3 Å². The number of ether oxygens (including phenoxy) is 2. The number of pyridine rings is 1. The van der Waals surface area contributed by atoms with E-state index >= 15 is 0 Å². The molecule has 0 aliphatic carbocycles. The van der Waals surface area contributed by atoms with Gasteiger partial charge in [0.15, 0.2) is 5.82 Å². The summed E-state index contributed by atoms with van der Waals surface area (Å²) in [4.78, 5) is 4.21. The molecular formula is C14H16FN3O2. The highest BCUT2D eigenvalue weighted by molar-refractivity contribution is 5.98. The van der Waals surface area contributed by atoms with E-state index in [0.29, 0.717) is 43.3 Å². The van der Waals surface area contributed by atoms with Crippen molar-refractivity contribution < 1.29 is 13.9 Å². The van der Waals surface area contributed by atoms with Crippen LogP contribution >= 0.6 is 0 Å². The van der Waals surface area contributed by atoms with Crippen molar-refractivity contribution in [2.24, 2.45) is 0 Å². The standard InChI is InChI=1S/C14H16FN3O2/c15-11-6-12(16)10-2-1-3-17-13(10)14(11)18-7-9-8-19-4-5-20-9/h1-3,6,9,18H,4-5,7-8,16H2.